The molecule has 0 spiro atoms. The van der Waals surface area contributed by atoms with Crippen molar-refractivity contribution in [3.05, 3.63) is 66.0 Å². The Labute approximate surface area is 155 Å². The quantitative estimate of drug-likeness (QED) is 0.535. The SMILES string of the molecule is COc1cccc(NC(=O)COC(=O)c2cc(C(C)=O)n3ccccc23)c1. The number of Topliss-reactive ketones (excluding diaryl/α,β-unsaturated/α-hetero) is 1. The number of nitrogens with one attached hydrogen (secondary N) is 1. The Morgan fingerprint density at radius 1 is 1.07 bits per heavy atom. The Balaban J connectivity index is 1.70. The van der Waals surface area contributed by atoms with E-state index < -0.39 is 18.5 Å². The number of esters is 1. The molecule has 1 aromatic carbocycles. The summed E-state index contributed by atoms with van der Waals surface area (Å²) in [5, 5.41) is 2.63. The van der Waals surface area contributed by atoms with Gasteiger partial charge in [0, 0.05) is 24.9 Å². The van der Waals surface area contributed by atoms with E-state index in [1.807, 2.05) is 0 Å². The number of benzene rings is 1. The molecule has 2 aromatic heterocycles. The van der Waals surface area contributed by atoms with Crippen LogP contribution in [-0.2, 0) is 9.53 Å². The van der Waals surface area contributed by atoms with Gasteiger partial charge in [-0.2, -0.15) is 0 Å². The van der Waals surface area contributed by atoms with Crippen LogP contribution in [0.3, 0.4) is 0 Å². The first-order valence-corrected chi connectivity index (χ1v) is 8.21. The molecule has 1 amide bonds. The Morgan fingerprint density at radius 3 is 2.63 bits per heavy atom. The molecule has 7 nitrogen and oxygen atoms in total. The van der Waals surface area contributed by atoms with Gasteiger partial charge in [-0.15, -0.1) is 0 Å². The number of amides is 1. The second-order valence-electron chi connectivity index (χ2n) is 5.81. The summed E-state index contributed by atoms with van der Waals surface area (Å²) >= 11 is 0. The summed E-state index contributed by atoms with van der Waals surface area (Å²) in [6, 6.07) is 13.5. The van der Waals surface area contributed by atoms with Gasteiger partial charge in [-0.05, 0) is 30.3 Å². The average molecular weight is 366 g/mol. The summed E-state index contributed by atoms with van der Waals surface area (Å²) in [7, 11) is 1.53. The standard InChI is InChI=1S/C20H18N2O5/c1-13(23)18-11-16(17-8-3-4-9-22(17)18)20(25)27-12-19(24)21-14-6-5-7-15(10-14)26-2/h3-11H,12H2,1-2H3,(H,21,24). The van der Waals surface area contributed by atoms with Gasteiger partial charge in [0.15, 0.2) is 12.4 Å². The normalized spacial score (nSPS) is 10.4. The molecule has 0 atom stereocenters. The number of nitrogens with zero attached hydrogens (tertiary/aromatic N) is 1. The minimum absolute atomic E-state index is 0.175. The van der Waals surface area contributed by atoms with E-state index in [9.17, 15) is 14.4 Å². The maximum atomic E-state index is 12.4. The van der Waals surface area contributed by atoms with Crippen molar-refractivity contribution in [2.45, 2.75) is 6.92 Å². The molecule has 0 aliphatic rings. The molecule has 3 aromatic rings. The van der Waals surface area contributed by atoms with Crippen molar-refractivity contribution in [1.82, 2.24) is 4.40 Å². The smallest absolute Gasteiger partial charge is 0.340 e. The number of hydrogen-bond donors (Lipinski definition) is 1. The van der Waals surface area contributed by atoms with Crippen molar-refractivity contribution < 1.29 is 23.9 Å². The number of pyridine rings is 1. The molecule has 27 heavy (non-hydrogen) atoms. The van der Waals surface area contributed by atoms with E-state index in [0.717, 1.165) is 0 Å². The molecule has 138 valence electrons. The first-order valence-electron chi connectivity index (χ1n) is 8.21. The lowest BCUT2D eigenvalue weighted by Gasteiger charge is -2.07. The third-order valence-corrected chi connectivity index (χ3v) is 3.94. The Bertz CT molecular complexity index is 1020. The van der Waals surface area contributed by atoms with Crippen molar-refractivity contribution >= 4 is 28.9 Å². The lowest BCUT2D eigenvalue weighted by atomic mass is 10.2. The van der Waals surface area contributed by atoms with E-state index in [1.165, 1.54) is 20.1 Å². The van der Waals surface area contributed by atoms with E-state index in [0.29, 0.717) is 22.6 Å². The molecule has 0 fully saturated rings. The Morgan fingerprint density at radius 2 is 1.89 bits per heavy atom. The maximum Gasteiger partial charge on any atom is 0.340 e. The average Bonchev–Trinajstić information content (AvgIpc) is 3.06. The van der Waals surface area contributed by atoms with Crippen molar-refractivity contribution in [2.75, 3.05) is 19.0 Å². The number of carbonyl (C=O) groups excluding carboxylic acids is 3. The van der Waals surface area contributed by atoms with Crippen LogP contribution < -0.4 is 10.1 Å². The van der Waals surface area contributed by atoms with Gasteiger partial charge in [0.25, 0.3) is 5.91 Å². The minimum atomic E-state index is -0.674. The fraction of sp³-hybridized carbons (Fsp3) is 0.150. The third kappa shape index (κ3) is 3.98. The predicted molar refractivity (Wildman–Crippen MR) is 99.3 cm³/mol. The molecule has 1 N–H and O–H groups in total. The van der Waals surface area contributed by atoms with Gasteiger partial charge in [-0.1, -0.05) is 12.1 Å². The summed E-state index contributed by atoms with van der Waals surface area (Å²) < 4.78 is 11.8. The molecule has 2 heterocycles. The number of carbonyl (C=O) groups is 3. The van der Waals surface area contributed by atoms with Crippen LogP contribution in [0.4, 0.5) is 5.69 Å². The number of rotatable bonds is 6. The van der Waals surface area contributed by atoms with E-state index in [2.05, 4.69) is 5.32 Å². The monoisotopic (exact) mass is 366 g/mol. The molecular weight excluding hydrogens is 348 g/mol. The molecule has 0 radical (unpaired) electrons. The lowest BCUT2D eigenvalue weighted by Crippen LogP contribution is -2.20. The van der Waals surface area contributed by atoms with Gasteiger partial charge in [0.05, 0.1) is 23.9 Å². The maximum absolute atomic E-state index is 12.4. The zero-order valence-electron chi connectivity index (χ0n) is 14.9. The van der Waals surface area contributed by atoms with Crippen LogP contribution in [0.1, 0.15) is 27.8 Å². The van der Waals surface area contributed by atoms with Crippen LogP contribution in [0.15, 0.2) is 54.7 Å². The summed E-state index contributed by atoms with van der Waals surface area (Å²) in [5.41, 5.74) is 1.68. The molecular formula is C20H18N2O5. The highest BCUT2D eigenvalue weighted by Crippen LogP contribution is 2.19. The molecule has 7 heteroatoms. The molecule has 0 aliphatic carbocycles. The van der Waals surface area contributed by atoms with Crippen LogP contribution in [0.25, 0.3) is 5.52 Å². The fourth-order valence-electron chi connectivity index (χ4n) is 2.69. The molecule has 0 bridgehead atoms. The highest BCUT2D eigenvalue weighted by atomic mass is 16.5. The van der Waals surface area contributed by atoms with E-state index in [1.54, 1.807) is 53.1 Å². The highest BCUT2D eigenvalue weighted by Gasteiger charge is 2.19. The number of anilines is 1. The van der Waals surface area contributed by atoms with Crippen molar-refractivity contribution in [3.63, 3.8) is 0 Å². The molecule has 0 aliphatic heterocycles. The molecule has 0 saturated heterocycles. The van der Waals surface area contributed by atoms with Gasteiger partial charge in [-0.3, -0.25) is 9.59 Å². The largest absolute Gasteiger partial charge is 0.497 e. The van der Waals surface area contributed by atoms with Gasteiger partial charge >= 0.3 is 5.97 Å². The van der Waals surface area contributed by atoms with Crippen molar-refractivity contribution in [1.29, 1.82) is 0 Å². The number of methoxy groups -OCH3 is 1. The van der Waals surface area contributed by atoms with Gasteiger partial charge < -0.3 is 19.2 Å². The number of hydrogen-bond acceptors (Lipinski definition) is 5. The number of fused-ring (bicyclic) bond motifs is 1. The number of ether oxygens (including phenoxy) is 2. The van der Waals surface area contributed by atoms with Crippen molar-refractivity contribution in [2.24, 2.45) is 0 Å². The minimum Gasteiger partial charge on any atom is -0.497 e. The zero-order valence-corrected chi connectivity index (χ0v) is 14.9. The Hall–Kier alpha value is -3.61. The van der Waals surface area contributed by atoms with Crippen LogP contribution in [-0.4, -0.2) is 35.8 Å². The first kappa shape index (κ1) is 18.2. The highest BCUT2D eigenvalue weighted by molar-refractivity contribution is 6.04. The second kappa shape index (κ2) is 7.74. The summed E-state index contributed by atoms with van der Waals surface area (Å²) in [4.78, 5) is 36.2. The zero-order chi connectivity index (χ0) is 19.4. The predicted octanol–water partition coefficient (Wildman–Crippen LogP) is 2.95. The number of ketones is 1. The van der Waals surface area contributed by atoms with Gasteiger partial charge in [-0.25, -0.2) is 4.79 Å². The Kier molecular flexibility index (Phi) is 5.21. The van der Waals surface area contributed by atoms with E-state index in [4.69, 9.17) is 9.47 Å². The molecule has 0 unspecified atom stereocenters. The van der Waals surface area contributed by atoms with Crippen LogP contribution in [0.2, 0.25) is 0 Å². The number of aromatic nitrogens is 1. The van der Waals surface area contributed by atoms with Crippen molar-refractivity contribution in [3.8, 4) is 5.75 Å². The first-order chi connectivity index (χ1) is 13.0. The van der Waals surface area contributed by atoms with Crippen LogP contribution in [0, 0.1) is 0 Å². The summed E-state index contributed by atoms with van der Waals surface area (Å²) in [6.45, 7) is 0.973. The summed E-state index contributed by atoms with van der Waals surface area (Å²) in [5.74, 6) is -0.730. The van der Waals surface area contributed by atoms with Crippen LogP contribution in [0.5, 0.6) is 5.75 Å². The summed E-state index contributed by atoms with van der Waals surface area (Å²) in [6.07, 6.45) is 1.69. The van der Waals surface area contributed by atoms with Gasteiger partial charge in [0.2, 0.25) is 0 Å². The fourth-order valence-corrected chi connectivity index (χ4v) is 2.69. The van der Waals surface area contributed by atoms with Gasteiger partial charge in [0.1, 0.15) is 5.75 Å². The van der Waals surface area contributed by atoms with E-state index in [-0.39, 0.29) is 11.3 Å². The topological polar surface area (TPSA) is 86.1 Å². The third-order valence-electron chi connectivity index (χ3n) is 3.94. The molecule has 3 rings (SSSR count). The second-order valence-corrected chi connectivity index (χ2v) is 5.81. The molecule has 0 saturated carbocycles. The van der Waals surface area contributed by atoms with E-state index >= 15 is 0 Å². The lowest BCUT2D eigenvalue weighted by molar-refractivity contribution is -0.119. The van der Waals surface area contributed by atoms with Crippen LogP contribution >= 0.6 is 0 Å².